The first-order valence-corrected chi connectivity index (χ1v) is 4.11. The van der Waals surface area contributed by atoms with Crippen LogP contribution in [-0.4, -0.2) is 0 Å². The van der Waals surface area contributed by atoms with Gasteiger partial charge in [-0.3, -0.25) is 0 Å². The van der Waals surface area contributed by atoms with Crippen LogP contribution in [0.25, 0.3) is 0 Å². The molecule has 0 N–H and O–H groups in total. The summed E-state index contributed by atoms with van der Waals surface area (Å²) < 4.78 is 36.9. The van der Waals surface area contributed by atoms with Gasteiger partial charge in [-0.2, -0.15) is 0 Å². The Morgan fingerprint density at radius 2 is 1.27 bits per heavy atom. The number of halogens is 5. The van der Waals surface area contributed by atoms with E-state index in [0.717, 1.165) is 0 Å². The van der Waals surface area contributed by atoms with E-state index in [4.69, 9.17) is 0 Å². The van der Waals surface area contributed by atoms with E-state index in [2.05, 4.69) is 31.9 Å². The molecule has 60 valence electrons. The quantitative estimate of drug-likeness (QED) is 0.505. The maximum atomic E-state index is 12.7. The summed E-state index contributed by atoms with van der Waals surface area (Å²) in [7, 11) is 0. The lowest BCUT2D eigenvalue weighted by molar-refractivity contribution is 0.527. The third-order valence-electron chi connectivity index (χ3n) is 1.06. The lowest BCUT2D eigenvalue weighted by Crippen LogP contribution is -1.89. The van der Waals surface area contributed by atoms with Gasteiger partial charge >= 0.3 is 0 Å². The van der Waals surface area contributed by atoms with Crippen LogP contribution < -0.4 is 0 Å². The van der Waals surface area contributed by atoms with Gasteiger partial charge in [0.15, 0.2) is 5.82 Å². The second kappa shape index (κ2) is 3.15. The van der Waals surface area contributed by atoms with Crippen LogP contribution in [0.5, 0.6) is 0 Å². The fraction of sp³-hybridized carbons (Fsp3) is 0. The van der Waals surface area contributed by atoms with Crippen LogP contribution in [0.2, 0.25) is 0 Å². The van der Waals surface area contributed by atoms with Crippen molar-refractivity contribution in [3.05, 3.63) is 32.5 Å². The molecule has 0 saturated carbocycles. The summed E-state index contributed by atoms with van der Waals surface area (Å²) in [6.45, 7) is 0. The van der Waals surface area contributed by atoms with Crippen molar-refractivity contribution in [2.24, 2.45) is 0 Å². The summed E-state index contributed by atoms with van der Waals surface area (Å²) in [5.41, 5.74) is 0. The smallest absolute Gasteiger partial charge is 0.157 e. The van der Waals surface area contributed by atoms with Gasteiger partial charge in [-0.25, -0.2) is 13.2 Å². The normalized spacial score (nSPS) is 10.3. The zero-order chi connectivity index (χ0) is 8.59. The van der Waals surface area contributed by atoms with Crippen LogP contribution >= 0.6 is 31.9 Å². The molecule has 0 radical (unpaired) electrons. The van der Waals surface area contributed by atoms with E-state index >= 15 is 0 Å². The van der Waals surface area contributed by atoms with Crippen LogP contribution in [0.15, 0.2) is 15.0 Å². The first-order valence-electron chi connectivity index (χ1n) is 2.52. The standard InChI is InChI=1S/C6HBr2F3/c7-4-2(9)1-3(10)5(8)6(4)11/h1H. The van der Waals surface area contributed by atoms with E-state index in [-0.39, 0.29) is 8.95 Å². The highest BCUT2D eigenvalue weighted by atomic mass is 79.9. The molecule has 0 heterocycles. The molecule has 0 aromatic heterocycles. The molecular formula is C6HBr2F3. The van der Waals surface area contributed by atoms with Crippen molar-refractivity contribution >= 4 is 31.9 Å². The van der Waals surface area contributed by atoms with Crippen molar-refractivity contribution in [1.82, 2.24) is 0 Å². The predicted octanol–water partition coefficient (Wildman–Crippen LogP) is 3.63. The average molecular weight is 290 g/mol. The molecule has 0 spiro atoms. The topological polar surface area (TPSA) is 0 Å². The molecule has 1 rings (SSSR count). The van der Waals surface area contributed by atoms with Crippen molar-refractivity contribution in [2.45, 2.75) is 0 Å². The zero-order valence-corrected chi connectivity index (χ0v) is 8.14. The van der Waals surface area contributed by atoms with E-state index in [1.54, 1.807) is 0 Å². The number of hydrogen-bond acceptors (Lipinski definition) is 0. The van der Waals surface area contributed by atoms with Gasteiger partial charge in [-0.05, 0) is 31.9 Å². The molecule has 1 aromatic rings. The van der Waals surface area contributed by atoms with E-state index in [1.165, 1.54) is 0 Å². The van der Waals surface area contributed by atoms with Crippen LogP contribution in [0.4, 0.5) is 13.2 Å². The molecule has 1 aromatic carbocycles. The molecule has 0 amide bonds. The van der Waals surface area contributed by atoms with Gasteiger partial charge in [-0.15, -0.1) is 0 Å². The highest BCUT2D eigenvalue weighted by Gasteiger charge is 2.14. The summed E-state index contributed by atoms with van der Waals surface area (Å²) in [4.78, 5) is 0. The predicted molar refractivity (Wildman–Crippen MR) is 41.7 cm³/mol. The monoisotopic (exact) mass is 288 g/mol. The first-order chi connectivity index (χ1) is 5.04. The van der Waals surface area contributed by atoms with Gasteiger partial charge in [-0.1, -0.05) is 0 Å². The van der Waals surface area contributed by atoms with Crippen molar-refractivity contribution in [1.29, 1.82) is 0 Å². The Bertz CT molecular complexity index is 272. The van der Waals surface area contributed by atoms with E-state index in [0.29, 0.717) is 6.07 Å². The van der Waals surface area contributed by atoms with E-state index < -0.39 is 17.5 Å². The third-order valence-corrected chi connectivity index (χ3v) is 2.51. The van der Waals surface area contributed by atoms with Gasteiger partial charge in [0.05, 0.1) is 8.95 Å². The van der Waals surface area contributed by atoms with E-state index in [9.17, 15) is 13.2 Å². The van der Waals surface area contributed by atoms with Crippen LogP contribution in [0.1, 0.15) is 0 Å². The van der Waals surface area contributed by atoms with Crippen LogP contribution in [-0.2, 0) is 0 Å². The molecule has 0 aliphatic rings. The van der Waals surface area contributed by atoms with Gasteiger partial charge in [0.25, 0.3) is 0 Å². The highest BCUT2D eigenvalue weighted by Crippen LogP contribution is 2.28. The minimum atomic E-state index is -0.970. The highest BCUT2D eigenvalue weighted by molar-refractivity contribution is 9.11. The lowest BCUT2D eigenvalue weighted by atomic mass is 10.3. The molecule has 5 heteroatoms. The summed E-state index contributed by atoms with van der Waals surface area (Å²) in [5, 5.41) is 0. The van der Waals surface area contributed by atoms with Gasteiger partial charge in [0.1, 0.15) is 11.6 Å². The Kier molecular flexibility index (Phi) is 2.59. The van der Waals surface area contributed by atoms with Crippen molar-refractivity contribution in [3.63, 3.8) is 0 Å². The molecule has 0 aliphatic heterocycles. The molecule has 0 saturated heterocycles. The summed E-state index contributed by atoms with van der Waals surface area (Å²) in [5.74, 6) is -2.88. The fourth-order valence-electron chi connectivity index (χ4n) is 0.544. The number of benzene rings is 1. The molecule has 0 atom stereocenters. The molecular weight excluding hydrogens is 289 g/mol. The Labute approximate surface area is 77.7 Å². The van der Waals surface area contributed by atoms with Gasteiger partial charge < -0.3 is 0 Å². The second-order valence-electron chi connectivity index (χ2n) is 1.78. The zero-order valence-electron chi connectivity index (χ0n) is 4.97. The maximum absolute atomic E-state index is 12.7. The van der Waals surface area contributed by atoms with Crippen LogP contribution in [0, 0.1) is 17.5 Å². The largest absolute Gasteiger partial charge is 0.206 e. The Morgan fingerprint density at radius 1 is 0.909 bits per heavy atom. The Hall–Kier alpha value is -0.0300. The molecule has 0 unspecified atom stereocenters. The second-order valence-corrected chi connectivity index (χ2v) is 3.37. The summed E-state index contributed by atoms with van der Waals surface area (Å²) >= 11 is 5.23. The van der Waals surface area contributed by atoms with E-state index in [1.807, 2.05) is 0 Å². The molecule has 0 bridgehead atoms. The Morgan fingerprint density at radius 3 is 1.64 bits per heavy atom. The fourth-order valence-corrected chi connectivity index (χ4v) is 1.44. The van der Waals surface area contributed by atoms with Crippen LogP contribution in [0.3, 0.4) is 0 Å². The SMILES string of the molecule is Fc1cc(F)c(Br)c(F)c1Br. The van der Waals surface area contributed by atoms with Gasteiger partial charge in [0.2, 0.25) is 0 Å². The maximum Gasteiger partial charge on any atom is 0.157 e. The number of rotatable bonds is 0. The van der Waals surface area contributed by atoms with Crippen molar-refractivity contribution < 1.29 is 13.2 Å². The molecule has 0 nitrogen and oxygen atoms in total. The minimum Gasteiger partial charge on any atom is -0.206 e. The molecule has 0 fully saturated rings. The minimum absolute atomic E-state index is 0.370. The van der Waals surface area contributed by atoms with Crippen molar-refractivity contribution in [2.75, 3.05) is 0 Å². The first kappa shape index (κ1) is 9.06. The Balaban J connectivity index is 3.46. The van der Waals surface area contributed by atoms with Gasteiger partial charge in [0, 0.05) is 6.07 Å². The third kappa shape index (κ3) is 1.59. The lowest BCUT2D eigenvalue weighted by Gasteiger charge is -1.99. The average Bonchev–Trinajstić information content (AvgIpc) is 1.97. The number of hydrogen-bond donors (Lipinski definition) is 0. The van der Waals surface area contributed by atoms with Crippen molar-refractivity contribution in [3.8, 4) is 0 Å². The summed E-state index contributed by atoms with van der Waals surface area (Å²) in [6, 6.07) is 0.594. The molecule has 11 heavy (non-hydrogen) atoms. The molecule has 0 aliphatic carbocycles. The summed E-state index contributed by atoms with van der Waals surface area (Å²) in [6.07, 6.45) is 0.